The fourth-order valence-corrected chi connectivity index (χ4v) is 2.02. The van der Waals surface area contributed by atoms with E-state index in [0.29, 0.717) is 0 Å². The van der Waals surface area contributed by atoms with Crippen molar-refractivity contribution >= 4 is 52.3 Å². The van der Waals surface area contributed by atoms with Gasteiger partial charge in [-0.05, 0) is 24.6 Å². The zero-order valence-corrected chi connectivity index (χ0v) is 10.9. The Morgan fingerprint density at radius 3 is 2.06 bits per heavy atom. The van der Waals surface area contributed by atoms with Crippen LogP contribution in [0.1, 0.15) is 5.56 Å². The quantitative estimate of drug-likeness (QED) is 0.745. The standard InChI is InChI=1S/C11H6Cl3NO2/c1-5-2-3-6(12)7(4-5)15-10(16)8(13)9(14)11(15)17/h2-4H,1H3. The van der Waals surface area contributed by atoms with Gasteiger partial charge in [-0.25, -0.2) is 4.90 Å². The van der Waals surface area contributed by atoms with E-state index in [1.54, 1.807) is 18.2 Å². The number of rotatable bonds is 1. The van der Waals surface area contributed by atoms with Crippen molar-refractivity contribution in [3.8, 4) is 0 Å². The van der Waals surface area contributed by atoms with Gasteiger partial charge in [0, 0.05) is 0 Å². The van der Waals surface area contributed by atoms with Crippen LogP contribution in [-0.2, 0) is 9.59 Å². The van der Waals surface area contributed by atoms with Crippen LogP contribution in [0.3, 0.4) is 0 Å². The minimum atomic E-state index is -0.658. The molecule has 0 N–H and O–H groups in total. The summed E-state index contributed by atoms with van der Waals surface area (Å²) in [5.41, 5.74) is 1.15. The molecule has 0 fully saturated rings. The molecule has 17 heavy (non-hydrogen) atoms. The third-order valence-electron chi connectivity index (χ3n) is 2.32. The first kappa shape index (κ1) is 12.4. The molecular weight excluding hydrogens is 284 g/mol. The van der Waals surface area contributed by atoms with E-state index in [9.17, 15) is 9.59 Å². The lowest BCUT2D eigenvalue weighted by atomic mass is 10.2. The van der Waals surface area contributed by atoms with E-state index in [2.05, 4.69) is 0 Å². The lowest BCUT2D eigenvalue weighted by Crippen LogP contribution is -2.31. The van der Waals surface area contributed by atoms with Crippen LogP contribution in [0.4, 0.5) is 5.69 Å². The van der Waals surface area contributed by atoms with Crippen molar-refractivity contribution in [2.24, 2.45) is 0 Å². The average Bonchev–Trinajstić information content (AvgIpc) is 2.48. The van der Waals surface area contributed by atoms with E-state index in [1.165, 1.54) is 0 Å². The van der Waals surface area contributed by atoms with Crippen LogP contribution in [0, 0.1) is 6.92 Å². The van der Waals surface area contributed by atoms with Crippen molar-refractivity contribution in [2.75, 3.05) is 4.90 Å². The van der Waals surface area contributed by atoms with Crippen LogP contribution in [-0.4, -0.2) is 11.8 Å². The maximum atomic E-state index is 11.8. The van der Waals surface area contributed by atoms with Gasteiger partial charge in [-0.1, -0.05) is 40.9 Å². The first-order valence-electron chi connectivity index (χ1n) is 4.63. The molecule has 0 radical (unpaired) electrons. The zero-order chi connectivity index (χ0) is 12.7. The summed E-state index contributed by atoms with van der Waals surface area (Å²) in [6.45, 7) is 1.82. The van der Waals surface area contributed by atoms with Crippen LogP contribution < -0.4 is 4.90 Å². The summed E-state index contributed by atoms with van der Waals surface area (Å²) < 4.78 is 0. The molecular formula is C11H6Cl3NO2. The van der Waals surface area contributed by atoms with Crippen molar-refractivity contribution in [2.45, 2.75) is 6.92 Å². The van der Waals surface area contributed by atoms with Crippen LogP contribution in [0.15, 0.2) is 28.3 Å². The molecule has 3 nitrogen and oxygen atoms in total. The Morgan fingerprint density at radius 2 is 1.53 bits per heavy atom. The molecule has 0 atom stereocenters. The maximum Gasteiger partial charge on any atom is 0.278 e. The number of carbonyl (C=O) groups excluding carboxylic acids is 2. The molecule has 0 aliphatic carbocycles. The molecule has 1 heterocycles. The van der Waals surface area contributed by atoms with E-state index in [-0.39, 0.29) is 20.8 Å². The molecule has 0 spiro atoms. The fraction of sp³-hybridized carbons (Fsp3) is 0.0909. The van der Waals surface area contributed by atoms with Gasteiger partial charge in [0.1, 0.15) is 10.1 Å². The number of hydrogen-bond donors (Lipinski definition) is 0. The fourth-order valence-electron chi connectivity index (χ4n) is 1.49. The van der Waals surface area contributed by atoms with Crippen molar-refractivity contribution in [1.82, 2.24) is 0 Å². The molecule has 2 rings (SSSR count). The highest BCUT2D eigenvalue weighted by Crippen LogP contribution is 2.35. The zero-order valence-electron chi connectivity index (χ0n) is 8.63. The predicted molar refractivity (Wildman–Crippen MR) is 67.4 cm³/mol. The van der Waals surface area contributed by atoms with Crippen LogP contribution >= 0.6 is 34.8 Å². The predicted octanol–water partition coefficient (Wildman–Crippen LogP) is 3.21. The molecule has 0 saturated carbocycles. The molecule has 1 aliphatic heterocycles. The topological polar surface area (TPSA) is 37.4 Å². The van der Waals surface area contributed by atoms with E-state index >= 15 is 0 Å². The molecule has 0 saturated heterocycles. The first-order valence-corrected chi connectivity index (χ1v) is 5.77. The number of nitrogens with zero attached hydrogens (tertiary/aromatic N) is 1. The van der Waals surface area contributed by atoms with Crippen LogP contribution in [0.25, 0.3) is 0 Å². The van der Waals surface area contributed by atoms with Gasteiger partial charge in [0.2, 0.25) is 0 Å². The number of amides is 2. The van der Waals surface area contributed by atoms with Gasteiger partial charge in [0.05, 0.1) is 10.7 Å². The number of aryl methyl sites for hydroxylation is 1. The first-order chi connectivity index (χ1) is 7.93. The third-order valence-corrected chi connectivity index (χ3v) is 3.43. The van der Waals surface area contributed by atoms with Crippen LogP contribution in [0.5, 0.6) is 0 Å². The number of halogens is 3. The Kier molecular flexibility index (Phi) is 3.17. The summed E-state index contributed by atoms with van der Waals surface area (Å²) in [5.74, 6) is -1.32. The number of carbonyl (C=O) groups is 2. The highest BCUT2D eigenvalue weighted by atomic mass is 35.5. The van der Waals surface area contributed by atoms with Crippen LogP contribution in [0.2, 0.25) is 5.02 Å². The van der Waals surface area contributed by atoms with Crippen molar-refractivity contribution < 1.29 is 9.59 Å². The smallest absolute Gasteiger partial charge is 0.267 e. The van der Waals surface area contributed by atoms with Gasteiger partial charge in [0.15, 0.2) is 0 Å². The van der Waals surface area contributed by atoms with Crippen molar-refractivity contribution in [3.63, 3.8) is 0 Å². The van der Waals surface area contributed by atoms with Gasteiger partial charge >= 0.3 is 0 Å². The molecule has 0 aromatic heterocycles. The van der Waals surface area contributed by atoms with E-state index in [1.807, 2.05) is 6.92 Å². The lowest BCUT2D eigenvalue weighted by Gasteiger charge is -2.16. The summed E-state index contributed by atoms with van der Waals surface area (Å²) in [6.07, 6.45) is 0. The lowest BCUT2D eigenvalue weighted by molar-refractivity contribution is -0.120. The molecule has 0 bridgehead atoms. The Balaban J connectivity index is 2.54. The SMILES string of the molecule is Cc1ccc(Cl)c(N2C(=O)C(Cl)=C(Cl)C2=O)c1. The Hall–Kier alpha value is -1.03. The largest absolute Gasteiger partial charge is 0.278 e. The van der Waals surface area contributed by atoms with Gasteiger partial charge in [-0.3, -0.25) is 9.59 Å². The van der Waals surface area contributed by atoms with Gasteiger partial charge in [-0.15, -0.1) is 0 Å². The Labute approximate surface area is 113 Å². The average molecular weight is 291 g/mol. The monoisotopic (exact) mass is 289 g/mol. The molecule has 6 heteroatoms. The molecule has 2 amide bonds. The Bertz CT molecular complexity index is 542. The third kappa shape index (κ3) is 1.95. The van der Waals surface area contributed by atoms with E-state index in [0.717, 1.165) is 10.5 Å². The van der Waals surface area contributed by atoms with Crippen molar-refractivity contribution in [3.05, 3.63) is 38.8 Å². The number of anilines is 1. The maximum absolute atomic E-state index is 11.8. The summed E-state index contributed by atoms with van der Waals surface area (Å²) in [4.78, 5) is 24.4. The second-order valence-electron chi connectivity index (χ2n) is 3.53. The van der Waals surface area contributed by atoms with E-state index < -0.39 is 11.8 Å². The summed E-state index contributed by atoms with van der Waals surface area (Å²) in [5, 5.41) is -0.281. The van der Waals surface area contributed by atoms with Gasteiger partial charge in [0.25, 0.3) is 11.8 Å². The summed E-state index contributed by atoms with van der Waals surface area (Å²) in [7, 11) is 0. The highest BCUT2D eigenvalue weighted by molar-refractivity contribution is 6.62. The summed E-state index contributed by atoms with van der Waals surface area (Å²) >= 11 is 17.2. The minimum absolute atomic E-state index is 0.283. The second-order valence-corrected chi connectivity index (χ2v) is 4.69. The molecule has 1 aromatic rings. The normalized spacial score (nSPS) is 16.1. The van der Waals surface area contributed by atoms with E-state index in [4.69, 9.17) is 34.8 Å². The molecule has 1 aliphatic rings. The van der Waals surface area contributed by atoms with Crippen molar-refractivity contribution in [1.29, 1.82) is 0 Å². The second kappa shape index (κ2) is 4.33. The summed E-state index contributed by atoms with van der Waals surface area (Å²) in [6, 6.07) is 5.00. The molecule has 1 aromatic carbocycles. The molecule has 0 unspecified atom stereocenters. The Morgan fingerprint density at radius 1 is 1.00 bits per heavy atom. The number of hydrogen-bond acceptors (Lipinski definition) is 2. The molecule has 88 valence electrons. The van der Waals surface area contributed by atoms with Gasteiger partial charge < -0.3 is 0 Å². The number of benzene rings is 1. The highest BCUT2D eigenvalue weighted by Gasteiger charge is 2.38. The minimum Gasteiger partial charge on any atom is -0.267 e. The number of imide groups is 1. The van der Waals surface area contributed by atoms with Gasteiger partial charge in [-0.2, -0.15) is 0 Å².